The predicted octanol–water partition coefficient (Wildman–Crippen LogP) is 2.47. The smallest absolute Gasteiger partial charge is 0.258 e. The molecular formula is C22H20N6O3. The number of ether oxygens (including phenoxy) is 1. The van der Waals surface area contributed by atoms with E-state index >= 15 is 0 Å². The highest BCUT2D eigenvalue weighted by molar-refractivity contribution is 5.59. The molecule has 1 aromatic carbocycles. The number of benzene rings is 1. The average molecular weight is 416 g/mol. The first-order chi connectivity index (χ1) is 15.2. The van der Waals surface area contributed by atoms with Gasteiger partial charge in [-0.25, -0.2) is 4.98 Å². The van der Waals surface area contributed by atoms with Crippen molar-refractivity contribution in [3.8, 4) is 22.7 Å². The van der Waals surface area contributed by atoms with Crippen LogP contribution in [0.4, 0.5) is 5.95 Å². The van der Waals surface area contributed by atoms with E-state index in [4.69, 9.17) is 14.2 Å². The van der Waals surface area contributed by atoms with E-state index in [0.717, 1.165) is 11.1 Å². The summed E-state index contributed by atoms with van der Waals surface area (Å²) in [6, 6.07) is 14.8. The van der Waals surface area contributed by atoms with Crippen molar-refractivity contribution in [2.45, 2.75) is 6.10 Å². The molecule has 1 aliphatic heterocycles. The quantitative estimate of drug-likeness (QED) is 0.500. The Kier molecular flexibility index (Phi) is 5.01. The van der Waals surface area contributed by atoms with Crippen LogP contribution in [0, 0.1) is 0 Å². The lowest BCUT2D eigenvalue weighted by atomic mass is 10.2. The van der Waals surface area contributed by atoms with Gasteiger partial charge in [-0.05, 0) is 24.3 Å². The summed E-state index contributed by atoms with van der Waals surface area (Å²) in [5.74, 6) is 1.49. The van der Waals surface area contributed by atoms with E-state index in [0.29, 0.717) is 43.1 Å². The van der Waals surface area contributed by atoms with Gasteiger partial charge in [0.2, 0.25) is 11.8 Å². The van der Waals surface area contributed by atoms with Crippen LogP contribution in [-0.2, 0) is 11.8 Å². The van der Waals surface area contributed by atoms with Gasteiger partial charge in [0.25, 0.3) is 11.4 Å². The second-order valence-corrected chi connectivity index (χ2v) is 7.20. The monoisotopic (exact) mass is 416 g/mol. The largest absolute Gasteiger partial charge is 0.366 e. The van der Waals surface area contributed by atoms with E-state index < -0.39 is 6.10 Å². The van der Waals surface area contributed by atoms with Gasteiger partial charge in [-0.3, -0.25) is 14.3 Å². The van der Waals surface area contributed by atoms with Crippen LogP contribution >= 0.6 is 0 Å². The summed E-state index contributed by atoms with van der Waals surface area (Å²) >= 11 is 0. The third-order valence-corrected chi connectivity index (χ3v) is 5.19. The molecule has 0 bridgehead atoms. The van der Waals surface area contributed by atoms with Crippen LogP contribution < -0.4 is 10.5 Å². The van der Waals surface area contributed by atoms with E-state index in [2.05, 4.69) is 15.1 Å². The number of pyridine rings is 1. The van der Waals surface area contributed by atoms with E-state index in [9.17, 15) is 4.79 Å². The topological polar surface area (TPSA) is 99.2 Å². The fourth-order valence-corrected chi connectivity index (χ4v) is 3.53. The minimum absolute atomic E-state index is 0.134. The number of anilines is 1. The minimum atomic E-state index is -0.392. The molecule has 156 valence electrons. The lowest BCUT2D eigenvalue weighted by molar-refractivity contribution is 0.0318. The number of rotatable bonds is 4. The Hall–Kier alpha value is -3.85. The van der Waals surface area contributed by atoms with Crippen molar-refractivity contribution in [2.75, 3.05) is 24.6 Å². The van der Waals surface area contributed by atoms with Crippen LogP contribution in [0.1, 0.15) is 11.9 Å². The molecule has 1 saturated heterocycles. The van der Waals surface area contributed by atoms with Crippen LogP contribution in [0.25, 0.3) is 22.7 Å². The molecule has 4 aromatic rings. The molecule has 0 N–H and O–H groups in total. The number of aromatic nitrogens is 5. The van der Waals surface area contributed by atoms with Crippen molar-refractivity contribution in [1.82, 2.24) is 24.7 Å². The maximum absolute atomic E-state index is 12.6. The van der Waals surface area contributed by atoms with Crippen LogP contribution in [0.5, 0.6) is 0 Å². The normalized spacial score (nSPS) is 16.4. The Bertz CT molecular complexity index is 1240. The van der Waals surface area contributed by atoms with E-state index in [1.165, 1.54) is 6.07 Å². The highest BCUT2D eigenvalue weighted by atomic mass is 16.5. The summed E-state index contributed by atoms with van der Waals surface area (Å²) in [5, 5.41) is 4.12. The number of morpholine rings is 1. The third kappa shape index (κ3) is 3.82. The molecule has 1 unspecified atom stereocenters. The van der Waals surface area contributed by atoms with Crippen molar-refractivity contribution in [3.63, 3.8) is 0 Å². The molecule has 0 amide bonds. The Morgan fingerprint density at radius 2 is 1.84 bits per heavy atom. The van der Waals surface area contributed by atoms with Gasteiger partial charge >= 0.3 is 0 Å². The zero-order valence-corrected chi connectivity index (χ0v) is 16.9. The fourth-order valence-electron chi connectivity index (χ4n) is 3.53. The molecule has 1 atom stereocenters. The lowest BCUT2D eigenvalue weighted by Crippen LogP contribution is -2.42. The maximum atomic E-state index is 12.6. The van der Waals surface area contributed by atoms with Gasteiger partial charge in [0.05, 0.1) is 18.8 Å². The second kappa shape index (κ2) is 8.11. The first kappa shape index (κ1) is 19.1. The molecule has 5 rings (SSSR count). The van der Waals surface area contributed by atoms with Crippen LogP contribution in [0.2, 0.25) is 0 Å². The highest BCUT2D eigenvalue weighted by Gasteiger charge is 2.28. The first-order valence-corrected chi connectivity index (χ1v) is 9.93. The summed E-state index contributed by atoms with van der Waals surface area (Å²) in [7, 11) is 1.72. The lowest BCUT2D eigenvalue weighted by Gasteiger charge is -2.33. The van der Waals surface area contributed by atoms with Crippen molar-refractivity contribution in [2.24, 2.45) is 7.05 Å². The Balaban J connectivity index is 1.43. The maximum Gasteiger partial charge on any atom is 0.258 e. The third-order valence-electron chi connectivity index (χ3n) is 5.19. The molecule has 3 aromatic heterocycles. The molecule has 31 heavy (non-hydrogen) atoms. The van der Waals surface area contributed by atoms with Gasteiger partial charge < -0.3 is 14.2 Å². The molecule has 0 spiro atoms. The van der Waals surface area contributed by atoms with Crippen molar-refractivity contribution < 1.29 is 9.26 Å². The van der Waals surface area contributed by atoms with E-state index in [-0.39, 0.29) is 5.56 Å². The molecule has 1 aliphatic rings. The molecule has 0 saturated carbocycles. The van der Waals surface area contributed by atoms with Gasteiger partial charge in [0, 0.05) is 43.2 Å². The Morgan fingerprint density at radius 1 is 1.03 bits per heavy atom. The second-order valence-electron chi connectivity index (χ2n) is 7.20. The Morgan fingerprint density at radius 3 is 2.65 bits per heavy atom. The number of hydrogen-bond acceptors (Lipinski definition) is 8. The van der Waals surface area contributed by atoms with Crippen molar-refractivity contribution in [3.05, 3.63) is 77.1 Å². The molecule has 0 aliphatic carbocycles. The highest BCUT2D eigenvalue weighted by Crippen LogP contribution is 2.26. The van der Waals surface area contributed by atoms with Crippen molar-refractivity contribution in [1.29, 1.82) is 0 Å². The fraction of sp³-hybridized carbons (Fsp3) is 0.227. The first-order valence-electron chi connectivity index (χ1n) is 9.93. The Labute approximate surface area is 178 Å². The van der Waals surface area contributed by atoms with Gasteiger partial charge in [-0.15, -0.1) is 0 Å². The summed E-state index contributed by atoms with van der Waals surface area (Å²) in [6.07, 6.45) is 2.97. The van der Waals surface area contributed by atoms with Crippen LogP contribution in [0.15, 0.2) is 70.2 Å². The molecule has 0 radical (unpaired) electrons. The van der Waals surface area contributed by atoms with Crippen molar-refractivity contribution >= 4 is 5.95 Å². The van der Waals surface area contributed by atoms with Crippen LogP contribution in [-0.4, -0.2) is 44.4 Å². The van der Waals surface area contributed by atoms with Gasteiger partial charge in [-0.2, -0.15) is 4.98 Å². The van der Waals surface area contributed by atoms with Crippen LogP contribution in [0.3, 0.4) is 0 Å². The minimum Gasteiger partial charge on any atom is -0.366 e. The molecule has 9 nitrogen and oxygen atoms in total. The zero-order valence-electron chi connectivity index (χ0n) is 16.9. The summed E-state index contributed by atoms with van der Waals surface area (Å²) < 4.78 is 12.9. The molecular weight excluding hydrogens is 396 g/mol. The van der Waals surface area contributed by atoms with Gasteiger partial charge in [0.1, 0.15) is 6.10 Å². The summed E-state index contributed by atoms with van der Waals surface area (Å²) in [4.78, 5) is 27.9. The summed E-state index contributed by atoms with van der Waals surface area (Å²) in [5.41, 5.74) is 2.16. The van der Waals surface area contributed by atoms with Gasteiger partial charge in [-0.1, -0.05) is 23.4 Å². The molecule has 9 heteroatoms. The van der Waals surface area contributed by atoms with E-state index in [1.54, 1.807) is 24.0 Å². The molecule has 4 heterocycles. The SMILES string of the molecule is Cn1c(N2CCOC(c3noc(-c4ccccc4)n3)C2)nc(-c2ccncc2)cc1=O. The number of hydrogen-bond donors (Lipinski definition) is 0. The number of nitrogens with zero attached hydrogens (tertiary/aromatic N) is 6. The van der Waals surface area contributed by atoms with E-state index in [1.807, 2.05) is 47.4 Å². The average Bonchev–Trinajstić information content (AvgIpc) is 3.32. The summed E-state index contributed by atoms with van der Waals surface area (Å²) in [6.45, 7) is 1.50. The zero-order chi connectivity index (χ0) is 21.2. The predicted molar refractivity (Wildman–Crippen MR) is 113 cm³/mol. The standard InChI is InChI=1S/C22H20N6O3/c1-27-19(29)13-17(15-7-9-23-10-8-15)24-22(27)28-11-12-30-18(14-28)20-25-21(31-26-20)16-5-3-2-4-6-16/h2-10,13,18H,11-12,14H2,1H3. The molecule has 1 fully saturated rings. The van der Waals surface area contributed by atoms with Gasteiger partial charge in [0.15, 0.2) is 0 Å².